The lowest BCUT2D eigenvalue weighted by Crippen LogP contribution is -2.33. The van der Waals surface area contributed by atoms with Crippen molar-refractivity contribution in [3.8, 4) is 0 Å². The molecule has 0 bridgehead atoms. The lowest BCUT2D eigenvalue weighted by atomic mass is 10.3. The molecular formula is C12H17N5. The molecule has 0 amide bonds. The van der Waals surface area contributed by atoms with Crippen molar-refractivity contribution in [3.05, 3.63) is 30.1 Å². The van der Waals surface area contributed by atoms with Crippen molar-refractivity contribution in [2.24, 2.45) is 10.7 Å². The molecule has 2 rings (SSSR count). The maximum atomic E-state index is 5.58. The second-order valence-corrected chi connectivity index (χ2v) is 3.83. The van der Waals surface area contributed by atoms with Crippen LogP contribution >= 0.6 is 0 Å². The van der Waals surface area contributed by atoms with E-state index in [1.165, 1.54) is 0 Å². The number of para-hydroxylation sites is 2. The zero-order valence-electron chi connectivity index (χ0n) is 10.1. The Labute approximate surface area is 100 Å². The number of nitrogens with zero attached hydrogens (tertiary/aromatic N) is 3. The van der Waals surface area contributed by atoms with Crippen LogP contribution < -0.4 is 11.1 Å². The Morgan fingerprint density at radius 3 is 3.00 bits per heavy atom. The molecule has 0 spiro atoms. The van der Waals surface area contributed by atoms with E-state index >= 15 is 0 Å². The second kappa shape index (κ2) is 4.86. The fourth-order valence-electron chi connectivity index (χ4n) is 1.85. The zero-order chi connectivity index (χ0) is 12.3. The minimum atomic E-state index is 0.465. The Bertz CT molecular complexity index is 541. The molecular weight excluding hydrogens is 214 g/mol. The number of aliphatic imine (C=N–C) groups is 1. The van der Waals surface area contributed by atoms with Crippen LogP contribution in [-0.4, -0.2) is 29.1 Å². The van der Waals surface area contributed by atoms with Gasteiger partial charge in [0.1, 0.15) is 5.82 Å². The highest BCUT2D eigenvalue weighted by molar-refractivity contribution is 5.78. The molecule has 0 saturated heterocycles. The SMILES string of the molecule is CN=C(N)NCCn1c(C)nc2ccccc21. The van der Waals surface area contributed by atoms with Crippen LogP contribution in [0.15, 0.2) is 29.3 Å². The molecule has 3 N–H and O–H groups in total. The molecule has 0 aliphatic rings. The Balaban J connectivity index is 2.15. The van der Waals surface area contributed by atoms with Crippen molar-refractivity contribution in [2.45, 2.75) is 13.5 Å². The predicted molar refractivity (Wildman–Crippen MR) is 70.0 cm³/mol. The highest BCUT2D eigenvalue weighted by Crippen LogP contribution is 2.14. The number of fused-ring (bicyclic) bond motifs is 1. The zero-order valence-corrected chi connectivity index (χ0v) is 10.1. The van der Waals surface area contributed by atoms with Crippen molar-refractivity contribution < 1.29 is 0 Å². The van der Waals surface area contributed by atoms with Crippen molar-refractivity contribution in [1.82, 2.24) is 14.9 Å². The summed E-state index contributed by atoms with van der Waals surface area (Å²) in [6, 6.07) is 8.12. The minimum absolute atomic E-state index is 0.465. The van der Waals surface area contributed by atoms with E-state index < -0.39 is 0 Å². The summed E-state index contributed by atoms with van der Waals surface area (Å²) in [5.41, 5.74) is 7.76. The number of guanidine groups is 1. The van der Waals surface area contributed by atoms with E-state index in [0.717, 1.165) is 29.9 Å². The van der Waals surface area contributed by atoms with E-state index in [-0.39, 0.29) is 0 Å². The minimum Gasteiger partial charge on any atom is -0.370 e. The Morgan fingerprint density at radius 2 is 2.24 bits per heavy atom. The first kappa shape index (κ1) is 11.4. The highest BCUT2D eigenvalue weighted by Gasteiger charge is 2.05. The van der Waals surface area contributed by atoms with E-state index in [1.807, 2.05) is 25.1 Å². The first-order chi connectivity index (χ1) is 8.22. The Kier molecular flexibility index (Phi) is 3.27. The molecule has 1 aromatic carbocycles. The van der Waals surface area contributed by atoms with Gasteiger partial charge in [0.25, 0.3) is 0 Å². The summed E-state index contributed by atoms with van der Waals surface area (Å²) in [5.74, 6) is 1.48. The lowest BCUT2D eigenvalue weighted by molar-refractivity contribution is 0.669. The largest absolute Gasteiger partial charge is 0.370 e. The van der Waals surface area contributed by atoms with Crippen molar-refractivity contribution in [3.63, 3.8) is 0 Å². The fourth-order valence-corrected chi connectivity index (χ4v) is 1.85. The van der Waals surface area contributed by atoms with Gasteiger partial charge in [-0.1, -0.05) is 12.1 Å². The smallest absolute Gasteiger partial charge is 0.188 e. The number of rotatable bonds is 3. The van der Waals surface area contributed by atoms with Gasteiger partial charge in [-0.2, -0.15) is 0 Å². The number of hydrogen-bond donors (Lipinski definition) is 2. The van der Waals surface area contributed by atoms with Crippen LogP contribution in [0.3, 0.4) is 0 Å². The van der Waals surface area contributed by atoms with Crippen molar-refractivity contribution in [1.29, 1.82) is 0 Å². The van der Waals surface area contributed by atoms with Crippen LogP contribution in [0.5, 0.6) is 0 Å². The van der Waals surface area contributed by atoms with E-state index in [1.54, 1.807) is 7.05 Å². The van der Waals surface area contributed by atoms with Crippen LogP contribution in [0, 0.1) is 6.92 Å². The van der Waals surface area contributed by atoms with E-state index in [4.69, 9.17) is 5.73 Å². The standard InChI is InChI=1S/C12H17N5/c1-9-16-10-5-3-4-6-11(10)17(9)8-7-15-12(13)14-2/h3-6H,7-8H2,1-2H3,(H3,13,14,15). The fraction of sp³-hybridized carbons (Fsp3) is 0.333. The van der Waals surface area contributed by atoms with Gasteiger partial charge in [-0.15, -0.1) is 0 Å². The third-order valence-electron chi connectivity index (χ3n) is 2.73. The summed E-state index contributed by atoms with van der Waals surface area (Å²) in [5, 5.41) is 3.04. The average Bonchev–Trinajstić information content (AvgIpc) is 2.66. The summed E-state index contributed by atoms with van der Waals surface area (Å²) < 4.78 is 2.17. The molecule has 0 radical (unpaired) electrons. The molecule has 17 heavy (non-hydrogen) atoms. The average molecular weight is 231 g/mol. The normalized spacial score (nSPS) is 12.0. The monoisotopic (exact) mass is 231 g/mol. The van der Waals surface area contributed by atoms with Gasteiger partial charge >= 0.3 is 0 Å². The van der Waals surface area contributed by atoms with Gasteiger partial charge < -0.3 is 15.6 Å². The molecule has 5 heteroatoms. The number of aromatic nitrogens is 2. The number of nitrogens with one attached hydrogen (secondary N) is 1. The van der Waals surface area contributed by atoms with Crippen molar-refractivity contribution >= 4 is 17.0 Å². The van der Waals surface area contributed by atoms with Gasteiger partial charge in [0.15, 0.2) is 5.96 Å². The second-order valence-electron chi connectivity index (χ2n) is 3.83. The van der Waals surface area contributed by atoms with Gasteiger partial charge in [0.05, 0.1) is 11.0 Å². The molecule has 0 fully saturated rings. The van der Waals surface area contributed by atoms with Gasteiger partial charge in [-0.05, 0) is 19.1 Å². The number of aryl methyl sites for hydroxylation is 1. The molecule has 0 unspecified atom stereocenters. The van der Waals surface area contributed by atoms with Gasteiger partial charge in [-0.25, -0.2) is 4.98 Å². The van der Waals surface area contributed by atoms with Crippen LogP contribution in [0.2, 0.25) is 0 Å². The van der Waals surface area contributed by atoms with Gasteiger partial charge in [-0.3, -0.25) is 4.99 Å². The van der Waals surface area contributed by atoms with Crippen LogP contribution in [0.4, 0.5) is 0 Å². The molecule has 90 valence electrons. The third-order valence-corrected chi connectivity index (χ3v) is 2.73. The lowest BCUT2D eigenvalue weighted by Gasteiger charge is -2.08. The topological polar surface area (TPSA) is 68.2 Å². The van der Waals surface area contributed by atoms with Crippen molar-refractivity contribution in [2.75, 3.05) is 13.6 Å². The molecule has 1 aromatic heterocycles. The quantitative estimate of drug-likeness (QED) is 0.608. The first-order valence-corrected chi connectivity index (χ1v) is 5.60. The van der Waals surface area contributed by atoms with E-state index in [2.05, 4.69) is 25.9 Å². The van der Waals surface area contributed by atoms with E-state index in [0.29, 0.717) is 5.96 Å². The molecule has 0 aliphatic heterocycles. The molecule has 0 saturated carbocycles. The van der Waals surface area contributed by atoms with Gasteiger partial charge in [0.2, 0.25) is 0 Å². The van der Waals surface area contributed by atoms with Gasteiger partial charge in [0, 0.05) is 20.1 Å². The predicted octanol–water partition coefficient (Wildman–Crippen LogP) is 0.879. The molecule has 2 aromatic rings. The number of benzene rings is 1. The van der Waals surface area contributed by atoms with Crippen LogP contribution in [0.1, 0.15) is 5.82 Å². The Morgan fingerprint density at radius 1 is 1.47 bits per heavy atom. The molecule has 5 nitrogen and oxygen atoms in total. The Hall–Kier alpha value is -2.04. The number of hydrogen-bond acceptors (Lipinski definition) is 2. The summed E-state index contributed by atoms with van der Waals surface area (Å²) in [6.45, 7) is 3.57. The summed E-state index contributed by atoms with van der Waals surface area (Å²) in [4.78, 5) is 8.36. The highest BCUT2D eigenvalue weighted by atomic mass is 15.1. The third kappa shape index (κ3) is 2.38. The maximum Gasteiger partial charge on any atom is 0.188 e. The number of nitrogens with two attached hydrogens (primary N) is 1. The number of imidazole rings is 1. The van der Waals surface area contributed by atoms with Crippen LogP contribution in [0.25, 0.3) is 11.0 Å². The molecule has 0 aliphatic carbocycles. The summed E-state index contributed by atoms with van der Waals surface area (Å²) in [7, 11) is 1.67. The summed E-state index contributed by atoms with van der Waals surface area (Å²) >= 11 is 0. The summed E-state index contributed by atoms with van der Waals surface area (Å²) in [6.07, 6.45) is 0. The molecule has 0 atom stereocenters. The van der Waals surface area contributed by atoms with E-state index in [9.17, 15) is 0 Å². The maximum absolute atomic E-state index is 5.58. The first-order valence-electron chi connectivity index (χ1n) is 5.60. The molecule has 1 heterocycles. The van der Waals surface area contributed by atoms with Crippen LogP contribution in [-0.2, 0) is 6.54 Å².